The molecule has 17 heavy (non-hydrogen) atoms. The van der Waals surface area contributed by atoms with Crippen LogP contribution >= 0.6 is 0 Å². The van der Waals surface area contributed by atoms with E-state index in [0.29, 0.717) is 6.54 Å². The highest BCUT2D eigenvalue weighted by Crippen LogP contribution is 1.90. The molecule has 0 aliphatic rings. The molecule has 3 amide bonds. The number of urea groups is 1. The number of carbonyl (C=O) groups excluding carboxylic acids is 2. The third-order valence-corrected chi connectivity index (χ3v) is 1.97. The van der Waals surface area contributed by atoms with Crippen LogP contribution in [0.5, 0.6) is 0 Å². The summed E-state index contributed by atoms with van der Waals surface area (Å²) in [4.78, 5) is 32.7. The maximum atomic E-state index is 11.2. The van der Waals surface area contributed by atoms with Gasteiger partial charge in [0.1, 0.15) is 0 Å². The Hall–Kier alpha value is -1.79. The molecule has 0 fully saturated rings. The Morgan fingerprint density at radius 1 is 1.18 bits per heavy atom. The fraction of sp³-hybridized carbons (Fsp3) is 0.700. The normalized spacial score (nSPS) is 11.4. The van der Waals surface area contributed by atoms with E-state index in [4.69, 9.17) is 5.11 Å². The van der Waals surface area contributed by atoms with Crippen molar-refractivity contribution in [3.63, 3.8) is 0 Å². The van der Waals surface area contributed by atoms with Crippen LogP contribution in [0.3, 0.4) is 0 Å². The molecule has 1 atom stereocenters. The minimum absolute atomic E-state index is 0.0255. The van der Waals surface area contributed by atoms with Crippen LogP contribution in [0.2, 0.25) is 0 Å². The van der Waals surface area contributed by atoms with Crippen LogP contribution < -0.4 is 16.0 Å². The van der Waals surface area contributed by atoms with E-state index in [0.717, 1.165) is 6.42 Å². The summed E-state index contributed by atoms with van der Waals surface area (Å²) in [6.45, 7) is 3.88. The second-order valence-corrected chi connectivity index (χ2v) is 3.65. The highest BCUT2D eigenvalue weighted by molar-refractivity contribution is 5.84. The fourth-order valence-corrected chi connectivity index (χ4v) is 0.883. The number of carboxylic acids is 1. The molecule has 0 spiro atoms. The molecule has 0 aromatic heterocycles. The van der Waals surface area contributed by atoms with E-state index in [9.17, 15) is 14.4 Å². The van der Waals surface area contributed by atoms with E-state index in [1.807, 2.05) is 6.92 Å². The molecule has 0 heterocycles. The van der Waals surface area contributed by atoms with E-state index in [1.54, 1.807) is 0 Å². The smallest absolute Gasteiger partial charge is 0.315 e. The highest BCUT2D eigenvalue weighted by atomic mass is 16.4. The van der Waals surface area contributed by atoms with E-state index in [1.165, 1.54) is 6.92 Å². The van der Waals surface area contributed by atoms with Gasteiger partial charge in [0, 0.05) is 13.1 Å². The quantitative estimate of drug-likeness (QED) is 0.486. The number of amides is 3. The van der Waals surface area contributed by atoms with Gasteiger partial charge in [-0.1, -0.05) is 13.8 Å². The zero-order valence-electron chi connectivity index (χ0n) is 10.1. The molecule has 98 valence electrons. The summed E-state index contributed by atoms with van der Waals surface area (Å²) in [6.07, 6.45) is 0.827. The molecular weight excluding hydrogens is 226 g/mol. The number of rotatable bonds is 7. The first kappa shape index (κ1) is 15.2. The van der Waals surface area contributed by atoms with Gasteiger partial charge in [0.15, 0.2) is 0 Å². The molecule has 0 aliphatic carbocycles. The van der Waals surface area contributed by atoms with Crippen molar-refractivity contribution in [1.29, 1.82) is 0 Å². The largest absolute Gasteiger partial charge is 0.481 e. The van der Waals surface area contributed by atoms with Crippen molar-refractivity contribution in [3.05, 3.63) is 0 Å². The molecule has 0 rings (SSSR count). The number of carboxylic acid groups (broad SMARTS) is 1. The van der Waals surface area contributed by atoms with Gasteiger partial charge in [-0.2, -0.15) is 0 Å². The van der Waals surface area contributed by atoms with Crippen molar-refractivity contribution >= 4 is 17.9 Å². The van der Waals surface area contributed by atoms with Crippen LogP contribution in [0.15, 0.2) is 0 Å². The predicted molar refractivity (Wildman–Crippen MR) is 61.5 cm³/mol. The minimum atomic E-state index is -0.981. The summed E-state index contributed by atoms with van der Waals surface area (Å²) in [5.74, 6) is -1.91. The van der Waals surface area contributed by atoms with Gasteiger partial charge in [-0.3, -0.25) is 9.59 Å². The Bertz CT molecular complexity index is 281. The molecule has 0 bridgehead atoms. The molecular formula is C10H19N3O4. The van der Waals surface area contributed by atoms with Gasteiger partial charge in [0.05, 0.1) is 12.5 Å². The van der Waals surface area contributed by atoms with Gasteiger partial charge in [-0.15, -0.1) is 0 Å². The van der Waals surface area contributed by atoms with Crippen molar-refractivity contribution in [3.8, 4) is 0 Å². The summed E-state index contributed by atoms with van der Waals surface area (Å²) in [6, 6.07) is -0.551. The predicted octanol–water partition coefficient (Wildman–Crippen LogP) is -0.467. The lowest BCUT2D eigenvalue weighted by Crippen LogP contribution is -2.43. The Balaban J connectivity index is 3.66. The van der Waals surface area contributed by atoms with Gasteiger partial charge < -0.3 is 21.1 Å². The third-order valence-electron chi connectivity index (χ3n) is 1.97. The lowest BCUT2D eigenvalue weighted by molar-refractivity contribution is -0.140. The number of aliphatic carboxylic acids is 1. The standard InChI is InChI=1S/C10H19N3O4/c1-3-4-11-8(14)6-13-10(17)12-5-7(2)9(15)16/h7H,3-6H2,1-2H3,(H,11,14)(H,15,16)(H2,12,13,17). The average Bonchev–Trinajstić information content (AvgIpc) is 2.30. The molecule has 7 heteroatoms. The summed E-state index contributed by atoms with van der Waals surface area (Å²) in [5.41, 5.74) is 0. The second kappa shape index (κ2) is 8.37. The molecule has 4 N–H and O–H groups in total. The number of hydrogen-bond donors (Lipinski definition) is 4. The van der Waals surface area contributed by atoms with Crippen molar-refractivity contribution in [1.82, 2.24) is 16.0 Å². The molecule has 0 radical (unpaired) electrons. The van der Waals surface area contributed by atoms with E-state index < -0.39 is 17.9 Å². The van der Waals surface area contributed by atoms with E-state index in [-0.39, 0.29) is 19.0 Å². The van der Waals surface area contributed by atoms with Crippen LogP contribution in [-0.2, 0) is 9.59 Å². The fourth-order valence-electron chi connectivity index (χ4n) is 0.883. The SMILES string of the molecule is CCCNC(=O)CNC(=O)NCC(C)C(=O)O. The summed E-state index contributed by atoms with van der Waals surface area (Å²) >= 11 is 0. The lowest BCUT2D eigenvalue weighted by Gasteiger charge is -2.09. The Labute approximate surface area is 100.0 Å². The molecule has 0 saturated heterocycles. The van der Waals surface area contributed by atoms with Gasteiger partial charge >= 0.3 is 12.0 Å². The van der Waals surface area contributed by atoms with Crippen molar-refractivity contribution in [2.75, 3.05) is 19.6 Å². The highest BCUT2D eigenvalue weighted by Gasteiger charge is 2.12. The third kappa shape index (κ3) is 8.06. The van der Waals surface area contributed by atoms with Crippen LogP contribution in [0.1, 0.15) is 20.3 Å². The average molecular weight is 245 g/mol. The van der Waals surface area contributed by atoms with Crippen LogP contribution in [0, 0.1) is 5.92 Å². The van der Waals surface area contributed by atoms with Gasteiger partial charge in [0.25, 0.3) is 0 Å². The van der Waals surface area contributed by atoms with E-state index >= 15 is 0 Å². The van der Waals surface area contributed by atoms with Gasteiger partial charge in [-0.05, 0) is 6.42 Å². The number of hydrogen-bond acceptors (Lipinski definition) is 3. The Morgan fingerprint density at radius 2 is 1.82 bits per heavy atom. The minimum Gasteiger partial charge on any atom is -0.481 e. The van der Waals surface area contributed by atoms with E-state index in [2.05, 4.69) is 16.0 Å². The maximum absolute atomic E-state index is 11.2. The summed E-state index contributed by atoms with van der Waals surface area (Å²) < 4.78 is 0. The van der Waals surface area contributed by atoms with Crippen LogP contribution in [0.25, 0.3) is 0 Å². The topological polar surface area (TPSA) is 108 Å². The van der Waals surface area contributed by atoms with Crippen LogP contribution in [0.4, 0.5) is 4.79 Å². The van der Waals surface area contributed by atoms with Crippen molar-refractivity contribution in [2.24, 2.45) is 5.92 Å². The number of carbonyl (C=O) groups is 3. The Kier molecular flexibility index (Phi) is 7.49. The second-order valence-electron chi connectivity index (χ2n) is 3.65. The first-order chi connectivity index (χ1) is 7.97. The lowest BCUT2D eigenvalue weighted by atomic mass is 10.2. The molecule has 0 saturated carbocycles. The summed E-state index contributed by atoms with van der Waals surface area (Å²) in [5, 5.41) is 15.9. The maximum Gasteiger partial charge on any atom is 0.315 e. The monoisotopic (exact) mass is 245 g/mol. The molecule has 7 nitrogen and oxygen atoms in total. The van der Waals surface area contributed by atoms with Crippen molar-refractivity contribution in [2.45, 2.75) is 20.3 Å². The first-order valence-electron chi connectivity index (χ1n) is 5.48. The first-order valence-corrected chi connectivity index (χ1v) is 5.48. The van der Waals surface area contributed by atoms with Crippen molar-refractivity contribution < 1.29 is 19.5 Å². The van der Waals surface area contributed by atoms with Crippen LogP contribution in [-0.4, -0.2) is 42.6 Å². The molecule has 1 unspecified atom stereocenters. The van der Waals surface area contributed by atoms with Gasteiger partial charge in [-0.25, -0.2) is 4.79 Å². The number of nitrogens with one attached hydrogen (secondary N) is 3. The molecule has 0 aromatic rings. The zero-order chi connectivity index (χ0) is 13.3. The molecule has 0 aliphatic heterocycles. The summed E-state index contributed by atoms with van der Waals surface area (Å²) in [7, 11) is 0. The Morgan fingerprint density at radius 3 is 2.35 bits per heavy atom. The van der Waals surface area contributed by atoms with Gasteiger partial charge in [0.2, 0.25) is 5.91 Å². The molecule has 0 aromatic carbocycles. The zero-order valence-corrected chi connectivity index (χ0v) is 10.1.